The van der Waals surface area contributed by atoms with E-state index in [4.69, 9.17) is 16.3 Å². The van der Waals surface area contributed by atoms with Crippen molar-refractivity contribution >= 4 is 29.4 Å². The first kappa shape index (κ1) is 43.3. The number of para-hydroxylation sites is 1. The summed E-state index contributed by atoms with van der Waals surface area (Å²) in [6.45, 7) is 10.5. The zero-order valence-corrected chi connectivity index (χ0v) is 33.3. The van der Waals surface area contributed by atoms with Crippen LogP contribution in [0, 0.1) is 19.8 Å². The van der Waals surface area contributed by atoms with Gasteiger partial charge in [0.2, 0.25) is 0 Å². The molecule has 0 amide bonds. The molecule has 0 aliphatic heterocycles. The fourth-order valence-corrected chi connectivity index (χ4v) is 6.88. The number of methoxy groups -OCH3 is 1. The van der Waals surface area contributed by atoms with Crippen LogP contribution in [0.2, 0.25) is 5.02 Å². The maximum absolute atomic E-state index is 13.3. The molecule has 0 bridgehead atoms. The first-order valence-corrected chi connectivity index (χ1v) is 18.0. The number of alkyl halides is 3. The second kappa shape index (κ2) is 18.8. The third-order valence-corrected chi connectivity index (χ3v) is 9.80. The van der Waals surface area contributed by atoms with Crippen LogP contribution in [0.25, 0.3) is 23.3 Å². The molecule has 0 aliphatic carbocycles. The van der Waals surface area contributed by atoms with E-state index in [1.807, 2.05) is 128 Å². The Balaban J connectivity index is 0.000000287. The van der Waals surface area contributed by atoms with E-state index >= 15 is 0 Å². The standard InChI is InChI=1S/C22H25ClF3NO.C22H29NO2/c1-6-17(28)9-7-15-12-20(27(4)5)14(3)21(13(15)2)16-8-10-19(23)18(11-16)22(24,25)26;1-17(15-19-11-7-6-8-12-19)22(24,18(2)16-23(3)4)20-13-9-10-14-21(20)25-5/h7-12,17,28H,6H2,1-5H3;6-15,18,24H,16H2,1-5H3. The van der Waals surface area contributed by atoms with Crippen LogP contribution in [0.5, 0.6) is 5.75 Å². The molecule has 3 atom stereocenters. The van der Waals surface area contributed by atoms with E-state index in [2.05, 4.69) is 17.9 Å². The number of anilines is 1. The summed E-state index contributed by atoms with van der Waals surface area (Å²) in [5, 5.41) is 21.4. The van der Waals surface area contributed by atoms with Crippen LogP contribution in [0.3, 0.4) is 0 Å². The predicted molar refractivity (Wildman–Crippen MR) is 216 cm³/mol. The summed E-state index contributed by atoms with van der Waals surface area (Å²) >= 11 is 5.79. The summed E-state index contributed by atoms with van der Waals surface area (Å²) in [7, 11) is 9.47. The summed E-state index contributed by atoms with van der Waals surface area (Å²) in [5.41, 5.74) is 5.48. The molecular formula is C44H54ClF3N2O3. The molecule has 4 rings (SSSR count). The molecular weight excluding hydrogens is 697 g/mol. The van der Waals surface area contributed by atoms with Gasteiger partial charge in [-0.05, 0) is 105 Å². The quantitative estimate of drug-likeness (QED) is 0.151. The average Bonchev–Trinajstić information content (AvgIpc) is 3.11. The zero-order chi connectivity index (χ0) is 39.7. The summed E-state index contributed by atoms with van der Waals surface area (Å²) < 4.78 is 45.6. The van der Waals surface area contributed by atoms with Crippen molar-refractivity contribution in [2.45, 2.75) is 58.9 Å². The Bertz CT molecular complexity index is 1870. The summed E-state index contributed by atoms with van der Waals surface area (Å²) in [6.07, 6.45) is 1.06. The van der Waals surface area contributed by atoms with Gasteiger partial charge in [0.15, 0.2) is 0 Å². The van der Waals surface area contributed by atoms with Crippen LogP contribution in [0.4, 0.5) is 18.9 Å². The number of hydrogen-bond donors (Lipinski definition) is 2. The van der Waals surface area contributed by atoms with Crippen LogP contribution < -0.4 is 9.64 Å². The van der Waals surface area contributed by atoms with Gasteiger partial charge < -0.3 is 24.7 Å². The van der Waals surface area contributed by atoms with Gasteiger partial charge in [0.25, 0.3) is 0 Å². The maximum Gasteiger partial charge on any atom is 0.417 e. The average molecular weight is 751 g/mol. The molecule has 53 heavy (non-hydrogen) atoms. The summed E-state index contributed by atoms with van der Waals surface area (Å²) in [4.78, 5) is 4.02. The fraction of sp³-hybridized carbons (Fsp3) is 0.364. The first-order valence-electron chi connectivity index (χ1n) is 17.7. The van der Waals surface area contributed by atoms with Crippen molar-refractivity contribution in [2.24, 2.45) is 5.92 Å². The number of nitrogens with zero attached hydrogens (tertiary/aromatic N) is 2. The normalized spacial score (nSPS) is 14.4. The molecule has 2 N–H and O–H groups in total. The van der Waals surface area contributed by atoms with E-state index < -0.39 is 23.4 Å². The van der Waals surface area contributed by atoms with Gasteiger partial charge in [-0.2, -0.15) is 13.2 Å². The molecule has 3 unspecified atom stereocenters. The van der Waals surface area contributed by atoms with Crippen molar-refractivity contribution in [3.63, 3.8) is 0 Å². The Morgan fingerprint density at radius 2 is 1.53 bits per heavy atom. The molecule has 0 fully saturated rings. The Hall–Kier alpha value is -4.08. The minimum atomic E-state index is -4.53. The van der Waals surface area contributed by atoms with Crippen molar-refractivity contribution in [2.75, 3.05) is 46.7 Å². The number of ether oxygens (including phenoxy) is 1. The Morgan fingerprint density at radius 1 is 0.906 bits per heavy atom. The molecule has 5 nitrogen and oxygen atoms in total. The van der Waals surface area contributed by atoms with E-state index in [-0.39, 0.29) is 10.9 Å². The number of halogens is 4. The van der Waals surface area contributed by atoms with Crippen LogP contribution in [0.15, 0.2) is 90.5 Å². The number of aliphatic hydroxyl groups is 2. The van der Waals surface area contributed by atoms with Crippen LogP contribution >= 0.6 is 11.6 Å². The molecule has 0 aliphatic rings. The van der Waals surface area contributed by atoms with Crippen molar-refractivity contribution in [1.82, 2.24) is 4.90 Å². The van der Waals surface area contributed by atoms with E-state index in [0.717, 1.165) is 57.3 Å². The lowest BCUT2D eigenvalue weighted by Crippen LogP contribution is -2.40. The SMILES string of the molecule is CCC(O)C=Cc1cc(N(C)C)c(C)c(-c2ccc(Cl)c(C(F)(F)F)c2)c1C.COc1ccccc1C(O)(C(C)=Cc1ccccc1)C(C)CN(C)C. The van der Waals surface area contributed by atoms with Crippen molar-refractivity contribution < 1.29 is 28.1 Å². The van der Waals surface area contributed by atoms with Gasteiger partial charge >= 0.3 is 6.18 Å². The smallest absolute Gasteiger partial charge is 0.417 e. The molecule has 0 radical (unpaired) electrons. The van der Waals surface area contributed by atoms with Crippen LogP contribution in [-0.2, 0) is 11.8 Å². The van der Waals surface area contributed by atoms with Gasteiger partial charge in [0, 0.05) is 37.8 Å². The molecule has 0 saturated carbocycles. The molecule has 4 aromatic rings. The first-order chi connectivity index (χ1) is 24.9. The third kappa shape index (κ3) is 10.8. The number of hydrogen-bond acceptors (Lipinski definition) is 5. The molecule has 9 heteroatoms. The predicted octanol–water partition coefficient (Wildman–Crippen LogP) is 10.7. The minimum Gasteiger partial charge on any atom is -0.496 e. The zero-order valence-electron chi connectivity index (χ0n) is 32.5. The third-order valence-electron chi connectivity index (χ3n) is 9.47. The van der Waals surface area contributed by atoms with Crippen LogP contribution in [-0.4, -0.2) is 63.1 Å². The second-order valence-electron chi connectivity index (χ2n) is 13.9. The Morgan fingerprint density at radius 3 is 2.09 bits per heavy atom. The lowest BCUT2D eigenvalue weighted by molar-refractivity contribution is -0.137. The largest absolute Gasteiger partial charge is 0.496 e. The van der Waals surface area contributed by atoms with E-state index in [1.54, 1.807) is 19.3 Å². The molecule has 0 heterocycles. The summed E-state index contributed by atoms with van der Waals surface area (Å²) in [5.74, 6) is 0.690. The highest BCUT2D eigenvalue weighted by Gasteiger charge is 2.40. The van der Waals surface area contributed by atoms with E-state index in [1.165, 1.54) is 6.07 Å². The van der Waals surface area contributed by atoms with Crippen molar-refractivity contribution in [3.8, 4) is 16.9 Å². The van der Waals surface area contributed by atoms with E-state index in [0.29, 0.717) is 17.7 Å². The van der Waals surface area contributed by atoms with Gasteiger partial charge in [-0.1, -0.05) is 98.3 Å². The van der Waals surface area contributed by atoms with Crippen molar-refractivity contribution in [3.05, 3.63) is 129 Å². The van der Waals surface area contributed by atoms with E-state index in [9.17, 15) is 23.4 Å². The second-order valence-corrected chi connectivity index (χ2v) is 14.3. The monoisotopic (exact) mass is 750 g/mol. The lowest BCUT2D eigenvalue weighted by Gasteiger charge is -2.38. The number of aliphatic hydroxyl groups excluding tert-OH is 1. The minimum absolute atomic E-state index is 0.0150. The highest BCUT2D eigenvalue weighted by atomic mass is 35.5. The maximum atomic E-state index is 13.3. The van der Waals surface area contributed by atoms with Crippen molar-refractivity contribution in [1.29, 1.82) is 0 Å². The topological polar surface area (TPSA) is 56.2 Å². The molecule has 4 aromatic carbocycles. The number of rotatable bonds is 12. The van der Waals surface area contributed by atoms with Gasteiger partial charge in [-0.15, -0.1) is 0 Å². The Labute approximate surface area is 319 Å². The summed E-state index contributed by atoms with van der Waals surface area (Å²) in [6, 6.07) is 23.8. The van der Waals surface area contributed by atoms with Gasteiger partial charge in [-0.25, -0.2) is 0 Å². The molecule has 0 spiro atoms. The lowest BCUT2D eigenvalue weighted by atomic mass is 9.76. The van der Waals surface area contributed by atoms with Gasteiger partial charge in [0.1, 0.15) is 11.4 Å². The Kier molecular flexibility index (Phi) is 15.4. The van der Waals surface area contributed by atoms with Gasteiger partial charge in [-0.3, -0.25) is 0 Å². The van der Waals surface area contributed by atoms with Gasteiger partial charge in [0.05, 0.1) is 23.8 Å². The number of benzene rings is 4. The molecule has 0 aromatic heterocycles. The molecule has 0 saturated heterocycles. The molecule has 286 valence electrons. The fourth-order valence-electron chi connectivity index (χ4n) is 6.65. The highest BCUT2D eigenvalue weighted by Crippen LogP contribution is 2.43. The van der Waals surface area contributed by atoms with Crippen LogP contribution in [0.1, 0.15) is 60.6 Å². The highest BCUT2D eigenvalue weighted by molar-refractivity contribution is 6.31.